The van der Waals surface area contributed by atoms with E-state index in [1.807, 2.05) is 39.8 Å². The Hall–Kier alpha value is -2.91. The van der Waals surface area contributed by atoms with Gasteiger partial charge in [0, 0.05) is 7.05 Å². The van der Waals surface area contributed by atoms with Gasteiger partial charge in [-0.3, -0.25) is 20.4 Å². The Morgan fingerprint density at radius 3 is 2.32 bits per heavy atom. The number of sulfonamides is 1. The van der Waals surface area contributed by atoms with Crippen molar-refractivity contribution in [1.82, 2.24) is 15.2 Å². The van der Waals surface area contributed by atoms with E-state index >= 15 is 0 Å². The molecule has 0 heterocycles. The van der Waals surface area contributed by atoms with Gasteiger partial charge >= 0.3 is 0 Å². The molecule has 2 rings (SSSR count). The number of hydrazine groups is 1. The van der Waals surface area contributed by atoms with Crippen molar-refractivity contribution in [3.63, 3.8) is 0 Å². The van der Waals surface area contributed by atoms with Crippen LogP contribution in [-0.4, -0.2) is 44.2 Å². The number of ether oxygens (including phenoxy) is 1. The minimum absolute atomic E-state index is 0.102. The fourth-order valence-electron chi connectivity index (χ4n) is 2.71. The van der Waals surface area contributed by atoms with Crippen LogP contribution < -0.4 is 15.6 Å². The Kier molecular flexibility index (Phi) is 7.80. The van der Waals surface area contributed by atoms with Crippen molar-refractivity contribution in [2.24, 2.45) is 0 Å². The summed E-state index contributed by atoms with van der Waals surface area (Å²) >= 11 is 0. The van der Waals surface area contributed by atoms with Gasteiger partial charge in [-0.15, -0.1) is 0 Å². The van der Waals surface area contributed by atoms with Gasteiger partial charge in [0.2, 0.25) is 10.0 Å². The molecule has 168 valence electrons. The normalized spacial score (nSPS) is 12.4. The molecule has 8 nitrogen and oxygen atoms in total. The summed E-state index contributed by atoms with van der Waals surface area (Å²) in [6.45, 7) is 8.63. The molecule has 2 aromatic carbocycles. The molecule has 0 bridgehead atoms. The zero-order valence-corrected chi connectivity index (χ0v) is 19.5. The molecule has 2 N–H and O–H groups in total. The van der Waals surface area contributed by atoms with Gasteiger partial charge in [-0.05, 0) is 75.1 Å². The van der Waals surface area contributed by atoms with Crippen molar-refractivity contribution in [2.75, 3.05) is 13.6 Å². The van der Waals surface area contributed by atoms with Crippen molar-refractivity contribution in [1.29, 1.82) is 0 Å². The van der Waals surface area contributed by atoms with E-state index in [-0.39, 0.29) is 4.90 Å². The lowest BCUT2D eigenvalue weighted by Crippen LogP contribution is -2.50. The predicted molar refractivity (Wildman–Crippen MR) is 118 cm³/mol. The number of hydrogen-bond donors (Lipinski definition) is 2. The number of amides is 2. The molecule has 2 amide bonds. The standard InChI is InChI=1S/C22H29N3O5S/c1-14-10-11-19(12-16(14)3)31(28,29)25(6)13-21(26)23-24-22(27)18(5)30-20-9-7-8-15(2)17(20)4/h7-12,18H,13H2,1-6H3,(H,23,26)(H,24,27). The van der Waals surface area contributed by atoms with Gasteiger partial charge in [-0.2, -0.15) is 4.31 Å². The molecule has 9 heteroatoms. The molecule has 0 aliphatic rings. The molecule has 1 unspecified atom stereocenters. The molecule has 0 radical (unpaired) electrons. The number of carbonyl (C=O) groups is 2. The maximum atomic E-state index is 12.7. The van der Waals surface area contributed by atoms with Crippen LogP contribution in [0.25, 0.3) is 0 Å². The van der Waals surface area contributed by atoms with Crippen LogP contribution in [0.3, 0.4) is 0 Å². The molecule has 0 spiro atoms. The van der Waals surface area contributed by atoms with E-state index in [1.54, 1.807) is 25.1 Å². The van der Waals surface area contributed by atoms with E-state index in [1.165, 1.54) is 13.1 Å². The Balaban J connectivity index is 1.92. The Morgan fingerprint density at radius 2 is 1.68 bits per heavy atom. The van der Waals surface area contributed by atoms with Crippen LogP contribution in [0.5, 0.6) is 5.75 Å². The SMILES string of the molecule is Cc1ccc(S(=O)(=O)N(C)CC(=O)NNC(=O)C(C)Oc2cccc(C)c2C)cc1C. The van der Waals surface area contributed by atoms with Gasteiger partial charge in [-0.1, -0.05) is 18.2 Å². The van der Waals surface area contributed by atoms with Crippen molar-refractivity contribution in [2.45, 2.75) is 45.6 Å². The number of benzene rings is 2. The van der Waals surface area contributed by atoms with E-state index < -0.39 is 34.5 Å². The van der Waals surface area contributed by atoms with Crippen LogP contribution in [0.15, 0.2) is 41.3 Å². The maximum Gasteiger partial charge on any atom is 0.279 e. The first-order valence-corrected chi connectivity index (χ1v) is 11.2. The lowest BCUT2D eigenvalue weighted by atomic mass is 10.1. The van der Waals surface area contributed by atoms with Crippen molar-refractivity contribution < 1.29 is 22.7 Å². The highest BCUT2D eigenvalue weighted by Gasteiger charge is 2.24. The molecule has 0 aromatic heterocycles. The number of aryl methyl sites for hydroxylation is 3. The van der Waals surface area contributed by atoms with E-state index in [0.29, 0.717) is 5.75 Å². The molecular formula is C22H29N3O5S. The third-order valence-corrected chi connectivity index (χ3v) is 6.91. The Morgan fingerprint density at radius 1 is 1.00 bits per heavy atom. The molecule has 0 saturated carbocycles. The average molecular weight is 448 g/mol. The summed E-state index contributed by atoms with van der Waals surface area (Å²) in [6.07, 6.45) is -0.863. The van der Waals surface area contributed by atoms with Gasteiger partial charge in [0.1, 0.15) is 5.75 Å². The predicted octanol–water partition coefficient (Wildman–Crippen LogP) is 2.16. The second kappa shape index (κ2) is 9.93. The van der Waals surface area contributed by atoms with E-state index in [2.05, 4.69) is 10.9 Å². The summed E-state index contributed by atoms with van der Waals surface area (Å²) < 4.78 is 31.9. The van der Waals surface area contributed by atoms with Crippen molar-refractivity contribution >= 4 is 21.8 Å². The Labute approximate surface area is 183 Å². The topological polar surface area (TPSA) is 105 Å². The molecule has 0 aliphatic heterocycles. The van der Waals surface area contributed by atoms with Gasteiger partial charge in [0.15, 0.2) is 6.10 Å². The molecular weight excluding hydrogens is 418 g/mol. The van der Waals surface area contributed by atoms with Crippen molar-refractivity contribution in [3.8, 4) is 5.75 Å². The third kappa shape index (κ3) is 6.05. The number of likely N-dealkylation sites (N-methyl/N-ethyl adjacent to an activating group) is 1. The van der Waals surface area contributed by atoms with E-state index in [0.717, 1.165) is 26.6 Å². The van der Waals surface area contributed by atoms with Crippen LogP contribution in [0.2, 0.25) is 0 Å². The molecule has 1 atom stereocenters. The molecule has 0 fully saturated rings. The summed E-state index contributed by atoms with van der Waals surface area (Å²) in [6, 6.07) is 10.3. The van der Waals surface area contributed by atoms with Crippen LogP contribution in [0.1, 0.15) is 29.2 Å². The first kappa shape index (κ1) is 24.4. The molecule has 31 heavy (non-hydrogen) atoms. The fourth-order valence-corrected chi connectivity index (χ4v) is 3.92. The van der Waals surface area contributed by atoms with Gasteiger partial charge in [0.05, 0.1) is 11.4 Å². The summed E-state index contributed by atoms with van der Waals surface area (Å²) in [5.41, 5.74) is 8.25. The minimum Gasteiger partial charge on any atom is -0.481 e. The number of rotatable bonds is 7. The van der Waals surface area contributed by atoms with Crippen LogP contribution >= 0.6 is 0 Å². The number of carbonyl (C=O) groups excluding carboxylic acids is 2. The van der Waals surface area contributed by atoms with Gasteiger partial charge in [0.25, 0.3) is 11.8 Å². The van der Waals surface area contributed by atoms with Crippen molar-refractivity contribution in [3.05, 3.63) is 58.7 Å². The first-order valence-electron chi connectivity index (χ1n) is 9.78. The lowest BCUT2D eigenvalue weighted by molar-refractivity contribution is -0.132. The smallest absolute Gasteiger partial charge is 0.279 e. The largest absolute Gasteiger partial charge is 0.481 e. The van der Waals surface area contributed by atoms with E-state index in [9.17, 15) is 18.0 Å². The highest BCUT2D eigenvalue weighted by atomic mass is 32.2. The maximum absolute atomic E-state index is 12.7. The summed E-state index contributed by atoms with van der Waals surface area (Å²) in [5.74, 6) is -0.663. The summed E-state index contributed by atoms with van der Waals surface area (Å²) in [5, 5.41) is 0. The molecule has 0 aliphatic carbocycles. The van der Waals surface area contributed by atoms with Crippen LogP contribution in [0.4, 0.5) is 0 Å². The fraction of sp³-hybridized carbons (Fsp3) is 0.364. The zero-order chi connectivity index (χ0) is 23.3. The van der Waals surface area contributed by atoms with Crippen LogP contribution in [-0.2, 0) is 19.6 Å². The number of nitrogens with one attached hydrogen (secondary N) is 2. The Bertz CT molecular complexity index is 1080. The monoisotopic (exact) mass is 447 g/mol. The second-order valence-electron chi connectivity index (χ2n) is 7.50. The van der Waals surface area contributed by atoms with Gasteiger partial charge < -0.3 is 4.74 Å². The highest BCUT2D eigenvalue weighted by Crippen LogP contribution is 2.21. The zero-order valence-electron chi connectivity index (χ0n) is 18.6. The summed E-state index contributed by atoms with van der Waals surface area (Å²) in [7, 11) is -2.54. The third-order valence-electron chi connectivity index (χ3n) is 5.11. The average Bonchev–Trinajstić information content (AvgIpc) is 2.71. The van der Waals surface area contributed by atoms with Gasteiger partial charge in [-0.25, -0.2) is 8.42 Å². The first-order chi connectivity index (χ1) is 14.4. The minimum atomic E-state index is -3.84. The highest BCUT2D eigenvalue weighted by molar-refractivity contribution is 7.89. The molecule has 0 saturated heterocycles. The number of nitrogens with zero attached hydrogens (tertiary/aromatic N) is 1. The lowest BCUT2D eigenvalue weighted by Gasteiger charge is -2.19. The quantitative estimate of drug-likeness (QED) is 0.633. The van der Waals surface area contributed by atoms with Crippen LogP contribution in [0, 0.1) is 27.7 Å². The second-order valence-corrected chi connectivity index (χ2v) is 9.55. The van der Waals surface area contributed by atoms with E-state index in [4.69, 9.17) is 4.74 Å². The summed E-state index contributed by atoms with van der Waals surface area (Å²) in [4.78, 5) is 24.5. The number of hydrogen-bond acceptors (Lipinski definition) is 5. The molecule has 2 aromatic rings.